The topological polar surface area (TPSA) is 70.5 Å². The highest BCUT2D eigenvalue weighted by Crippen LogP contribution is 2.26. The zero-order chi connectivity index (χ0) is 24.2. The van der Waals surface area contributed by atoms with E-state index in [1.54, 1.807) is 15.6 Å². The first-order valence-corrected chi connectivity index (χ1v) is 11.9. The van der Waals surface area contributed by atoms with Crippen LogP contribution in [0, 0.1) is 5.92 Å². The fourth-order valence-electron chi connectivity index (χ4n) is 4.27. The normalized spacial score (nSPS) is 11.3. The van der Waals surface area contributed by atoms with Gasteiger partial charge in [-0.2, -0.15) is 4.68 Å². The lowest BCUT2D eigenvalue weighted by Gasteiger charge is -2.11. The summed E-state index contributed by atoms with van der Waals surface area (Å²) in [5.41, 5.74) is 6.02. The molecular formula is C28H28N6O. The fraction of sp³-hybridized carbons (Fsp3) is 0.214. The summed E-state index contributed by atoms with van der Waals surface area (Å²) < 4.78 is 5.32. The van der Waals surface area contributed by atoms with Crippen LogP contribution in [0.2, 0.25) is 0 Å². The van der Waals surface area contributed by atoms with Crippen molar-refractivity contribution in [1.82, 2.24) is 29.3 Å². The molecular weight excluding hydrogens is 436 g/mol. The number of benzene rings is 3. The molecule has 0 bridgehead atoms. The molecule has 7 heteroatoms. The van der Waals surface area contributed by atoms with Crippen LogP contribution >= 0.6 is 0 Å². The predicted octanol–water partition coefficient (Wildman–Crippen LogP) is 4.92. The van der Waals surface area contributed by atoms with Gasteiger partial charge in [-0.05, 0) is 58.5 Å². The monoisotopic (exact) mass is 464 g/mol. The smallest absolute Gasteiger partial charge is 0.292 e. The zero-order valence-electron chi connectivity index (χ0n) is 20.0. The summed E-state index contributed by atoms with van der Waals surface area (Å²) in [5.74, 6) is 0.568. The summed E-state index contributed by atoms with van der Waals surface area (Å²) in [7, 11) is 0. The van der Waals surface area contributed by atoms with Gasteiger partial charge in [-0.1, -0.05) is 74.5 Å². The van der Waals surface area contributed by atoms with Crippen LogP contribution in [0.5, 0.6) is 0 Å². The van der Waals surface area contributed by atoms with Crippen LogP contribution in [0.25, 0.3) is 22.5 Å². The Hall–Kier alpha value is -4.26. The summed E-state index contributed by atoms with van der Waals surface area (Å²) in [6, 6.07) is 26.2. The molecule has 0 saturated heterocycles. The highest BCUT2D eigenvalue weighted by molar-refractivity contribution is 5.72. The second kappa shape index (κ2) is 9.93. The third kappa shape index (κ3) is 4.84. The van der Waals surface area contributed by atoms with Crippen molar-refractivity contribution < 1.29 is 0 Å². The molecule has 0 amide bonds. The summed E-state index contributed by atoms with van der Waals surface area (Å²) in [5, 5.41) is 11.6. The first kappa shape index (κ1) is 22.5. The lowest BCUT2D eigenvalue weighted by Crippen LogP contribution is -2.24. The fourth-order valence-corrected chi connectivity index (χ4v) is 4.27. The molecule has 2 heterocycles. The molecule has 0 radical (unpaired) electrons. The number of hydrogen-bond donors (Lipinski definition) is 0. The Labute approximate surface area is 204 Å². The molecule has 0 fully saturated rings. The van der Waals surface area contributed by atoms with Crippen molar-refractivity contribution in [2.75, 3.05) is 0 Å². The second-order valence-electron chi connectivity index (χ2n) is 9.10. The van der Waals surface area contributed by atoms with Crippen LogP contribution in [0.4, 0.5) is 0 Å². The lowest BCUT2D eigenvalue weighted by atomic mass is 10.0. The molecule has 3 aromatic carbocycles. The van der Waals surface area contributed by atoms with E-state index in [9.17, 15) is 4.79 Å². The summed E-state index contributed by atoms with van der Waals surface area (Å²) in [6.45, 7) is 4.95. The summed E-state index contributed by atoms with van der Waals surface area (Å²) >= 11 is 0. The number of para-hydroxylation sites is 2. The largest absolute Gasteiger partial charge is 0.333 e. The van der Waals surface area contributed by atoms with E-state index in [-0.39, 0.29) is 5.69 Å². The summed E-state index contributed by atoms with van der Waals surface area (Å²) in [4.78, 5) is 13.4. The molecule has 2 aromatic heterocycles. The molecule has 7 nitrogen and oxygen atoms in total. The van der Waals surface area contributed by atoms with Crippen LogP contribution in [-0.4, -0.2) is 29.3 Å². The van der Waals surface area contributed by atoms with E-state index in [0.717, 1.165) is 46.6 Å². The number of aromatic nitrogens is 6. The van der Waals surface area contributed by atoms with Crippen LogP contribution in [0.15, 0.2) is 96.2 Å². The van der Waals surface area contributed by atoms with Crippen molar-refractivity contribution in [1.29, 1.82) is 0 Å². The van der Waals surface area contributed by atoms with E-state index in [1.165, 1.54) is 0 Å². The molecule has 176 valence electrons. The van der Waals surface area contributed by atoms with Gasteiger partial charge in [-0.15, -0.1) is 5.10 Å². The maximum Gasteiger partial charge on any atom is 0.333 e. The summed E-state index contributed by atoms with van der Waals surface area (Å²) in [6.07, 6.45) is 5.49. The average Bonchev–Trinajstić information content (AvgIpc) is 3.53. The van der Waals surface area contributed by atoms with Crippen molar-refractivity contribution in [2.24, 2.45) is 5.92 Å². The molecule has 5 rings (SSSR count). The highest BCUT2D eigenvalue weighted by atomic mass is 16.1. The Kier molecular flexibility index (Phi) is 6.39. The molecule has 0 unspecified atom stereocenters. The second-order valence-corrected chi connectivity index (χ2v) is 9.10. The van der Waals surface area contributed by atoms with Gasteiger partial charge in [0.1, 0.15) is 6.33 Å². The minimum absolute atomic E-state index is 0.0111. The van der Waals surface area contributed by atoms with Gasteiger partial charge in [0, 0.05) is 17.5 Å². The van der Waals surface area contributed by atoms with E-state index in [4.69, 9.17) is 0 Å². The maximum absolute atomic E-state index is 13.4. The van der Waals surface area contributed by atoms with E-state index < -0.39 is 0 Å². The van der Waals surface area contributed by atoms with Gasteiger partial charge < -0.3 is 0 Å². The Balaban J connectivity index is 1.46. The van der Waals surface area contributed by atoms with Gasteiger partial charge in [0.05, 0.1) is 17.9 Å². The SMILES string of the molecule is CC(C)CCc1cn(-c2ccccc2)c(=O)n1Cc1ccc(-c2ccccc2-n2cnnn2)cc1. The van der Waals surface area contributed by atoms with Gasteiger partial charge in [-0.25, -0.2) is 4.79 Å². The Morgan fingerprint density at radius 3 is 2.34 bits per heavy atom. The van der Waals surface area contributed by atoms with Crippen molar-refractivity contribution in [3.05, 3.63) is 113 Å². The lowest BCUT2D eigenvalue weighted by molar-refractivity contribution is 0.566. The zero-order valence-corrected chi connectivity index (χ0v) is 20.0. The van der Waals surface area contributed by atoms with Crippen molar-refractivity contribution in [3.63, 3.8) is 0 Å². The van der Waals surface area contributed by atoms with E-state index in [1.807, 2.05) is 59.3 Å². The third-order valence-corrected chi connectivity index (χ3v) is 6.18. The number of rotatable bonds is 8. The number of hydrogen-bond acceptors (Lipinski definition) is 4. The quantitative estimate of drug-likeness (QED) is 0.327. The first-order chi connectivity index (χ1) is 17.1. The molecule has 0 aliphatic rings. The van der Waals surface area contributed by atoms with E-state index >= 15 is 0 Å². The van der Waals surface area contributed by atoms with Gasteiger partial charge in [0.2, 0.25) is 0 Å². The van der Waals surface area contributed by atoms with Crippen molar-refractivity contribution in [3.8, 4) is 22.5 Å². The Morgan fingerprint density at radius 2 is 1.63 bits per heavy atom. The number of nitrogens with zero attached hydrogens (tertiary/aromatic N) is 6. The predicted molar refractivity (Wildman–Crippen MR) is 137 cm³/mol. The minimum atomic E-state index is -0.0111. The van der Waals surface area contributed by atoms with E-state index in [0.29, 0.717) is 12.5 Å². The van der Waals surface area contributed by atoms with Crippen molar-refractivity contribution >= 4 is 0 Å². The van der Waals surface area contributed by atoms with Crippen molar-refractivity contribution in [2.45, 2.75) is 33.2 Å². The molecule has 0 atom stereocenters. The van der Waals surface area contributed by atoms with Crippen LogP contribution in [0.3, 0.4) is 0 Å². The molecule has 0 spiro atoms. The number of tetrazole rings is 1. The van der Waals surface area contributed by atoms with Gasteiger partial charge in [0.15, 0.2) is 0 Å². The van der Waals surface area contributed by atoms with E-state index in [2.05, 4.69) is 59.7 Å². The third-order valence-electron chi connectivity index (χ3n) is 6.18. The first-order valence-electron chi connectivity index (χ1n) is 11.9. The minimum Gasteiger partial charge on any atom is -0.292 e. The highest BCUT2D eigenvalue weighted by Gasteiger charge is 2.14. The van der Waals surface area contributed by atoms with Crippen LogP contribution in [0.1, 0.15) is 31.5 Å². The molecule has 0 aliphatic heterocycles. The van der Waals surface area contributed by atoms with Gasteiger partial charge in [-0.3, -0.25) is 9.13 Å². The van der Waals surface area contributed by atoms with Gasteiger partial charge in [0.25, 0.3) is 0 Å². The molecule has 0 saturated carbocycles. The maximum atomic E-state index is 13.4. The Bertz CT molecular complexity index is 1450. The molecule has 0 aliphatic carbocycles. The molecule has 35 heavy (non-hydrogen) atoms. The average molecular weight is 465 g/mol. The standard InChI is InChI=1S/C28H28N6O/c1-21(2)12-17-25-19-33(24-8-4-3-5-9-24)28(35)32(25)18-22-13-15-23(16-14-22)26-10-6-7-11-27(26)34-20-29-30-31-34/h3-11,13-16,19-21H,12,17-18H2,1-2H3. The van der Waals surface area contributed by atoms with Crippen LogP contribution in [-0.2, 0) is 13.0 Å². The molecule has 0 N–H and O–H groups in total. The molecule has 5 aromatic rings. The van der Waals surface area contributed by atoms with Crippen LogP contribution < -0.4 is 5.69 Å². The number of aryl methyl sites for hydroxylation is 1. The Morgan fingerprint density at radius 1 is 0.886 bits per heavy atom. The number of imidazole rings is 1. The van der Waals surface area contributed by atoms with Gasteiger partial charge >= 0.3 is 5.69 Å².